The fraction of sp³-hybridized carbons (Fsp3) is 0.667. The van der Waals surface area contributed by atoms with Crippen LogP contribution < -0.4 is 0 Å². The highest BCUT2D eigenvalue weighted by Gasteiger charge is 2.13. The molecule has 0 N–H and O–H groups in total. The van der Waals surface area contributed by atoms with Gasteiger partial charge >= 0.3 is 0 Å². The smallest absolute Gasteiger partial charge is 0.0214 e. The Labute approximate surface area is 117 Å². The molecule has 0 radical (unpaired) electrons. The Balaban J connectivity index is -0.000000709. The molecule has 0 aliphatic heterocycles. The van der Waals surface area contributed by atoms with E-state index in [1.54, 1.807) is 0 Å². The molecule has 0 heterocycles. The van der Waals surface area contributed by atoms with Gasteiger partial charge in [0.2, 0.25) is 0 Å². The van der Waals surface area contributed by atoms with Crippen molar-refractivity contribution in [2.75, 3.05) is 0 Å². The van der Waals surface area contributed by atoms with Crippen molar-refractivity contribution >= 4 is 0 Å². The van der Waals surface area contributed by atoms with Crippen molar-refractivity contribution in [2.24, 2.45) is 11.8 Å². The van der Waals surface area contributed by atoms with E-state index in [9.17, 15) is 0 Å². The van der Waals surface area contributed by atoms with Gasteiger partial charge in [0.1, 0.15) is 0 Å². The van der Waals surface area contributed by atoms with Crippen LogP contribution in [-0.2, 0) is 0 Å². The van der Waals surface area contributed by atoms with Crippen molar-refractivity contribution in [2.45, 2.75) is 69.7 Å². The predicted octanol–water partition coefficient (Wildman–Crippen LogP) is 6.80. The van der Waals surface area contributed by atoms with Crippen LogP contribution in [0.4, 0.5) is 0 Å². The SMILES string of the molecule is C.C=C(C)/C(=C(C)\C(=C/C)C(C)C)C(C)C.CC. The summed E-state index contributed by atoms with van der Waals surface area (Å²) in [4.78, 5) is 0. The van der Waals surface area contributed by atoms with Gasteiger partial charge in [0.25, 0.3) is 0 Å². The minimum absolute atomic E-state index is 0. The van der Waals surface area contributed by atoms with E-state index >= 15 is 0 Å². The van der Waals surface area contributed by atoms with E-state index in [2.05, 4.69) is 61.1 Å². The molecule has 0 amide bonds. The Morgan fingerprint density at radius 2 is 1.33 bits per heavy atom. The summed E-state index contributed by atoms with van der Waals surface area (Å²) in [5, 5.41) is 0. The fourth-order valence-corrected chi connectivity index (χ4v) is 2.38. The highest BCUT2D eigenvalue weighted by molar-refractivity contribution is 5.43. The van der Waals surface area contributed by atoms with Gasteiger partial charge in [0.05, 0.1) is 0 Å². The molecule has 0 saturated heterocycles. The monoisotopic (exact) mass is 252 g/mol. The zero-order chi connectivity index (χ0) is 14.2. The molecular formula is C18H36. The van der Waals surface area contributed by atoms with Crippen LogP contribution in [0.2, 0.25) is 0 Å². The maximum Gasteiger partial charge on any atom is -0.0214 e. The Morgan fingerprint density at radius 1 is 0.944 bits per heavy atom. The highest BCUT2D eigenvalue weighted by atomic mass is 14.2. The lowest BCUT2D eigenvalue weighted by Crippen LogP contribution is -2.04. The Hall–Kier alpha value is -0.780. The molecule has 0 aromatic heterocycles. The Bertz CT molecular complexity index is 285. The van der Waals surface area contributed by atoms with Crippen molar-refractivity contribution in [3.8, 4) is 0 Å². The second-order valence-electron chi connectivity index (χ2n) is 4.87. The summed E-state index contributed by atoms with van der Waals surface area (Å²) < 4.78 is 0. The molecule has 0 aliphatic carbocycles. The average molecular weight is 252 g/mol. The maximum absolute atomic E-state index is 4.09. The van der Waals surface area contributed by atoms with Gasteiger partial charge < -0.3 is 0 Å². The quantitative estimate of drug-likeness (QED) is 0.483. The number of allylic oxidation sites excluding steroid dienone is 5. The van der Waals surface area contributed by atoms with Crippen LogP contribution >= 0.6 is 0 Å². The Morgan fingerprint density at radius 3 is 1.50 bits per heavy atom. The number of rotatable bonds is 4. The summed E-state index contributed by atoms with van der Waals surface area (Å²) in [6.07, 6.45) is 2.23. The molecule has 108 valence electrons. The van der Waals surface area contributed by atoms with Crippen LogP contribution in [-0.4, -0.2) is 0 Å². The maximum atomic E-state index is 4.09. The summed E-state index contributed by atoms with van der Waals surface area (Å²) in [5.74, 6) is 1.14. The molecular weight excluding hydrogens is 216 g/mol. The topological polar surface area (TPSA) is 0 Å². The van der Waals surface area contributed by atoms with Crippen LogP contribution in [0.5, 0.6) is 0 Å². The lowest BCUT2D eigenvalue weighted by molar-refractivity contribution is 0.736. The zero-order valence-electron chi connectivity index (χ0n) is 13.4. The molecule has 0 saturated carbocycles. The van der Waals surface area contributed by atoms with Gasteiger partial charge in [-0.1, -0.05) is 67.2 Å². The third-order valence-electron chi connectivity index (χ3n) is 2.81. The second kappa shape index (κ2) is 11.3. The highest BCUT2D eigenvalue weighted by Crippen LogP contribution is 2.29. The van der Waals surface area contributed by atoms with E-state index in [1.165, 1.54) is 22.3 Å². The lowest BCUT2D eigenvalue weighted by atomic mass is 9.85. The summed E-state index contributed by atoms with van der Waals surface area (Å²) in [6.45, 7) is 23.5. The zero-order valence-corrected chi connectivity index (χ0v) is 13.4. The molecule has 18 heavy (non-hydrogen) atoms. The molecule has 0 bridgehead atoms. The first-order valence-electron chi connectivity index (χ1n) is 6.86. The molecule has 0 aromatic carbocycles. The summed E-state index contributed by atoms with van der Waals surface area (Å²) in [5.41, 5.74) is 5.47. The molecule has 0 aromatic rings. The van der Waals surface area contributed by atoms with E-state index in [4.69, 9.17) is 0 Å². The van der Waals surface area contributed by atoms with Gasteiger partial charge in [-0.2, -0.15) is 0 Å². The summed E-state index contributed by atoms with van der Waals surface area (Å²) in [7, 11) is 0. The normalized spacial score (nSPS) is 12.5. The number of hydrogen-bond donors (Lipinski definition) is 0. The van der Waals surface area contributed by atoms with Gasteiger partial charge in [0.15, 0.2) is 0 Å². The third-order valence-corrected chi connectivity index (χ3v) is 2.81. The van der Waals surface area contributed by atoms with Crippen LogP contribution in [0.25, 0.3) is 0 Å². The van der Waals surface area contributed by atoms with E-state index in [0.29, 0.717) is 11.8 Å². The van der Waals surface area contributed by atoms with Crippen molar-refractivity contribution in [1.82, 2.24) is 0 Å². The van der Waals surface area contributed by atoms with Gasteiger partial charge in [-0.15, -0.1) is 0 Å². The first kappa shape index (κ1) is 22.4. The number of hydrogen-bond acceptors (Lipinski definition) is 0. The van der Waals surface area contributed by atoms with E-state index in [1.807, 2.05) is 13.8 Å². The molecule has 0 atom stereocenters. The molecule has 0 heteroatoms. The van der Waals surface area contributed by atoms with Gasteiger partial charge in [0, 0.05) is 0 Å². The van der Waals surface area contributed by atoms with Crippen LogP contribution in [0.15, 0.2) is 34.9 Å². The molecule has 0 aliphatic rings. The minimum Gasteiger partial charge on any atom is -0.0958 e. The minimum atomic E-state index is 0. The van der Waals surface area contributed by atoms with Crippen LogP contribution in [0.1, 0.15) is 69.7 Å². The summed E-state index contributed by atoms with van der Waals surface area (Å²) in [6, 6.07) is 0. The second-order valence-corrected chi connectivity index (χ2v) is 4.87. The molecule has 0 rings (SSSR count). The first-order chi connectivity index (χ1) is 7.82. The van der Waals surface area contributed by atoms with Gasteiger partial charge in [-0.3, -0.25) is 0 Å². The van der Waals surface area contributed by atoms with Crippen molar-refractivity contribution in [3.63, 3.8) is 0 Å². The van der Waals surface area contributed by atoms with Gasteiger partial charge in [-0.05, 0) is 49.3 Å². The van der Waals surface area contributed by atoms with Crippen LogP contribution in [0, 0.1) is 11.8 Å². The molecule has 0 spiro atoms. The molecule has 0 unspecified atom stereocenters. The largest absolute Gasteiger partial charge is 0.0958 e. The third kappa shape index (κ3) is 6.83. The summed E-state index contributed by atoms with van der Waals surface area (Å²) >= 11 is 0. The first-order valence-corrected chi connectivity index (χ1v) is 6.86. The van der Waals surface area contributed by atoms with Crippen molar-refractivity contribution in [1.29, 1.82) is 0 Å². The fourth-order valence-electron chi connectivity index (χ4n) is 2.38. The van der Waals surface area contributed by atoms with Gasteiger partial charge in [-0.25, -0.2) is 0 Å². The molecule has 0 fully saturated rings. The van der Waals surface area contributed by atoms with E-state index < -0.39 is 0 Å². The molecule has 0 nitrogen and oxygen atoms in total. The standard InChI is InChI=1S/C15H26.C2H6.CH4/c1-9-14(10(2)3)13(8)15(11(4)5)12(6)7;1-2;/h9-10,12H,4H2,1-3,5-8H3;1-2H3;1H4/b14-9-,15-13+;;. The van der Waals surface area contributed by atoms with Crippen molar-refractivity contribution in [3.05, 3.63) is 34.9 Å². The van der Waals surface area contributed by atoms with E-state index in [-0.39, 0.29) is 7.43 Å². The lowest BCUT2D eigenvalue weighted by Gasteiger charge is -2.20. The van der Waals surface area contributed by atoms with Crippen LogP contribution in [0.3, 0.4) is 0 Å². The average Bonchev–Trinajstić information content (AvgIpc) is 2.19. The Kier molecular flexibility index (Phi) is 14.1. The van der Waals surface area contributed by atoms with Crippen molar-refractivity contribution < 1.29 is 0 Å². The van der Waals surface area contributed by atoms with E-state index in [0.717, 1.165) is 0 Å². The predicted molar refractivity (Wildman–Crippen MR) is 89.0 cm³/mol.